The number of carbonyl (C=O) groups is 1. The van der Waals surface area contributed by atoms with Crippen LogP contribution in [0.3, 0.4) is 0 Å². The van der Waals surface area contributed by atoms with Gasteiger partial charge in [0, 0.05) is 23.9 Å². The van der Waals surface area contributed by atoms with Crippen molar-refractivity contribution in [3.05, 3.63) is 44.8 Å². The van der Waals surface area contributed by atoms with E-state index >= 15 is 0 Å². The largest absolute Gasteiger partial charge is 0.388 e. The first-order valence-corrected chi connectivity index (χ1v) is 7.49. The van der Waals surface area contributed by atoms with Crippen molar-refractivity contribution in [1.82, 2.24) is 5.32 Å². The van der Waals surface area contributed by atoms with E-state index in [0.717, 1.165) is 5.56 Å². The number of rotatable bonds is 5. The highest BCUT2D eigenvalue weighted by Gasteiger charge is 2.22. The van der Waals surface area contributed by atoms with E-state index in [2.05, 4.69) is 5.32 Å². The second-order valence-corrected chi connectivity index (χ2v) is 6.06. The average molecular weight is 281 g/mol. The second kappa shape index (κ2) is 5.65. The molecule has 5 heteroatoms. The lowest BCUT2D eigenvalue weighted by Gasteiger charge is -2.23. The number of aliphatic hydroxyl groups is 1. The molecule has 2 rings (SSSR count). The van der Waals surface area contributed by atoms with E-state index < -0.39 is 5.60 Å². The highest BCUT2D eigenvalue weighted by Crippen LogP contribution is 2.15. The number of hydrogen-bond donors (Lipinski definition) is 2. The standard InChI is InChI=1S/C13H15NO2S2/c1-13(16,6-10-2-4-17-7-10)9-14-12(15)11-3-5-18-8-11/h2-5,7-8,16H,6,9H2,1H3,(H,14,15)/t13-/m0/s1. The fourth-order valence-corrected chi connectivity index (χ4v) is 2.97. The molecule has 0 aliphatic heterocycles. The van der Waals surface area contributed by atoms with E-state index in [1.54, 1.807) is 29.7 Å². The molecule has 1 atom stereocenters. The molecule has 0 unspecified atom stereocenters. The molecule has 2 aromatic heterocycles. The topological polar surface area (TPSA) is 49.3 Å². The molecule has 0 fully saturated rings. The molecule has 2 heterocycles. The van der Waals surface area contributed by atoms with E-state index in [4.69, 9.17) is 0 Å². The molecule has 1 amide bonds. The molecular formula is C13H15NO2S2. The SMILES string of the molecule is C[C@@](O)(CNC(=O)c1ccsc1)Cc1ccsc1. The summed E-state index contributed by atoms with van der Waals surface area (Å²) < 4.78 is 0. The number of hydrogen-bond acceptors (Lipinski definition) is 4. The van der Waals surface area contributed by atoms with Crippen molar-refractivity contribution in [2.24, 2.45) is 0 Å². The van der Waals surface area contributed by atoms with Gasteiger partial charge in [-0.15, -0.1) is 0 Å². The Morgan fingerprint density at radius 1 is 1.33 bits per heavy atom. The van der Waals surface area contributed by atoms with Crippen molar-refractivity contribution in [2.45, 2.75) is 18.9 Å². The normalized spacial score (nSPS) is 14.1. The van der Waals surface area contributed by atoms with Gasteiger partial charge in [0.15, 0.2) is 0 Å². The molecular weight excluding hydrogens is 266 g/mol. The quantitative estimate of drug-likeness (QED) is 0.885. The third kappa shape index (κ3) is 3.66. The van der Waals surface area contributed by atoms with Gasteiger partial charge < -0.3 is 10.4 Å². The monoisotopic (exact) mass is 281 g/mol. The number of thiophene rings is 2. The van der Waals surface area contributed by atoms with Crippen LogP contribution < -0.4 is 5.32 Å². The average Bonchev–Trinajstić information content (AvgIpc) is 2.97. The highest BCUT2D eigenvalue weighted by molar-refractivity contribution is 7.08. The van der Waals surface area contributed by atoms with Gasteiger partial charge in [-0.25, -0.2) is 0 Å². The van der Waals surface area contributed by atoms with Crippen LogP contribution in [-0.4, -0.2) is 23.2 Å². The predicted molar refractivity (Wildman–Crippen MR) is 75.3 cm³/mol. The minimum atomic E-state index is -0.924. The van der Waals surface area contributed by atoms with Crippen LogP contribution in [0.1, 0.15) is 22.8 Å². The van der Waals surface area contributed by atoms with Gasteiger partial charge in [-0.2, -0.15) is 22.7 Å². The maximum absolute atomic E-state index is 11.7. The van der Waals surface area contributed by atoms with Crippen molar-refractivity contribution in [2.75, 3.05) is 6.54 Å². The first-order chi connectivity index (χ1) is 8.57. The van der Waals surface area contributed by atoms with Crippen molar-refractivity contribution in [3.63, 3.8) is 0 Å². The summed E-state index contributed by atoms with van der Waals surface area (Å²) in [6.45, 7) is 1.98. The van der Waals surface area contributed by atoms with Crippen LogP contribution in [0.5, 0.6) is 0 Å². The molecule has 3 nitrogen and oxygen atoms in total. The van der Waals surface area contributed by atoms with Crippen molar-refractivity contribution in [3.8, 4) is 0 Å². The molecule has 0 saturated heterocycles. The molecule has 96 valence electrons. The number of carbonyl (C=O) groups excluding carboxylic acids is 1. The Morgan fingerprint density at radius 3 is 2.67 bits per heavy atom. The molecule has 2 aromatic rings. The summed E-state index contributed by atoms with van der Waals surface area (Å²) in [6, 6.07) is 3.76. The Hall–Kier alpha value is -1.17. The van der Waals surface area contributed by atoms with Crippen LogP contribution in [0.2, 0.25) is 0 Å². The van der Waals surface area contributed by atoms with E-state index in [1.165, 1.54) is 11.3 Å². The Morgan fingerprint density at radius 2 is 2.06 bits per heavy atom. The predicted octanol–water partition coefficient (Wildman–Crippen LogP) is 2.53. The third-order valence-electron chi connectivity index (χ3n) is 2.58. The number of amides is 1. The van der Waals surface area contributed by atoms with E-state index in [9.17, 15) is 9.90 Å². The van der Waals surface area contributed by atoms with Gasteiger partial charge in [-0.05, 0) is 40.8 Å². The van der Waals surface area contributed by atoms with Crippen LogP contribution >= 0.6 is 22.7 Å². The molecule has 0 aromatic carbocycles. The second-order valence-electron chi connectivity index (χ2n) is 4.50. The molecule has 0 radical (unpaired) electrons. The van der Waals surface area contributed by atoms with Gasteiger partial charge in [-0.1, -0.05) is 0 Å². The maximum atomic E-state index is 11.7. The Bertz CT molecular complexity index is 489. The van der Waals surface area contributed by atoms with Crippen LogP contribution in [0, 0.1) is 0 Å². The van der Waals surface area contributed by atoms with Crippen LogP contribution in [0.15, 0.2) is 33.7 Å². The lowest BCUT2D eigenvalue weighted by molar-refractivity contribution is 0.0553. The molecule has 0 aliphatic rings. The summed E-state index contributed by atoms with van der Waals surface area (Å²) in [6.07, 6.45) is 0.542. The summed E-state index contributed by atoms with van der Waals surface area (Å²) in [4.78, 5) is 11.7. The zero-order valence-corrected chi connectivity index (χ0v) is 11.7. The zero-order valence-electron chi connectivity index (χ0n) is 10.1. The minimum absolute atomic E-state index is 0.137. The zero-order chi connectivity index (χ0) is 13.0. The maximum Gasteiger partial charge on any atom is 0.252 e. The third-order valence-corrected chi connectivity index (χ3v) is 3.99. The van der Waals surface area contributed by atoms with E-state index in [-0.39, 0.29) is 12.5 Å². The fraction of sp³-hybridized carbons (Fsp3) is 0.308. The summed E-state index contributed by atoms with van der Waals surface area (Å²) in [5.74, 6) is -0.137. The summed E-state index contributed by atoms with van der Waals surface area (Å²) in [5, 5.41) is 20.6. The molecule has 18 heavy (non-hydrogen) atoms. The fourth-order valence-electron chi connectivity index (χ4n) is 1.66. The van der Waals surface area contributed by atoms with Gasteiger partial charge in [0.1, 0.15) is 0 Å². The van der Waals surface area contributed by atoms with Crippen molar-refractivity contribution in [1.29, 1.82) is 0 Å². The highest BCUT2D eigenvalue weighted by atomic mass is 32.1. The van der Waals surface area contributed by atoms with Crippen LogP contribution in [-0.2, 0) is 6.42 Å². The molecule has 0 saturated carbocycles. The van der Waals surface area contributed by atoms with Crippen LogP contribution in [0.4, 0.5) is 0 Å². The molecule has 0 spiro atoms. The molecule has 0 bridgehead atoms. The summed E-state index contributed by atoms with van der Waals surface area (Å²) in [7, 11) is 0. The van der Waals surface area contributed by atoms with E-state index in [1.807, 2.05) is 22.2 Å². The molecule has 0 aliphatic carbocycles. The van der Waals surface area contributed by atoms with Crippen molar-refractivity contribution < 1.29 is 9.90 Å². The van der Waals surface area contributed by atoms with Gasteiger partial charge in [0.25, 0.3) is 5.91 Å². The first-order valence-electron chi connectivity index (χ1n) is 5.61. The lowest BCUT2D eigenvalue weighted by atomic mass is 9.98. The minimum Gasteiger partial charge on any atom is -0.388 e. The van der Waals surface area contributed by atoms with Gasteiger partial charge in [-0.3, -0.25) is 4.79 Å². The molecule has 2 N–H and O–H groups in total. The van der Waals surface area contributed by atoms with Gasteiger partial charge in [0.2, 0.25) is 0 Å². The summed E-state index contributed by atoms with van der Waals surface area (Å²) >= 11 is 3.09. The van der Waals surface area contributed by atoms with Gasteiger partial charge in [0.05, 0.1) is 5.60 Å². The Labute approximate surface area is 114 Å². The lowest BCUT2D eigenvalue weighted by Crippen LogP contribution is -2.42. The van der Waals surface area contributed by atoms with Crippen molar-refractivity contribution >= 4 is 28.6 Å². The Kier molecular flexibility index (Phi) is 4.16. The smallest absolute Gasteiger partial charge is 0.252 e. The first kappa shape index (κ1) is 13.3. The van der Waals surface area contributed by atoms with Crippen LogP contribution in [0.25, 0.3) is 0 Å². The van der Waals surface area contributed by atoms with E-state index in [0.29, 0.717) is 12.0 Å². The Balaban J connectivity index is 1.87. The number of nitrogens with one attached hydrogen (secondary N) is 1. The summed E-state index contributed by atoms with van der Waals surface area (Å²) in [5.41, 5.74) is 0.813. The van der Waals surface area contributed by atoms with Gasteiger partial charge >= 0.3 is 0 Å².